The van der Waals surface area contributed by atoms with Gasteiger partial charge in [-0.2, -0.15) is 0 Å². The van der Waals surface area contributed by atoms with Gasteiger partial charge >= 0.3 is 0 Å². The number of aromatic nitrogens is 2. The predicted molar refractivity (Wildman–Crippen MR) is 129 cm³/mol. The molecule has 0 saturated carbocycles. The molecule has 0 bridgehead atoms. The van der Waals surface area contributed by atoms with E-state index in [2.05, 4.69) is 77.6 Å². The minimum absolute atomic E-state index is 0.870. The second kappa shape index (κ2) is 9.45. The maximum atomic E-state index is 5.23. The summed E-state index contributed by atoms with van der Waals surface area (Å²) >= 11 is 0. The molecule has 0 spiro atoms. The summed E-state index contributed by atoms with van der Waals surface area (Å²) in [5.74, 6) is 0.870. The molecule has 0 aliphatic rings. The van der Waals surface area contributed by atoms with E-state index in [4.69, 9.17) is 4.74 Å². The Kier molecular flexibility index (Phi) is 6.29. The van der Waals surface area contributed by atoms with E-state index in [9.17, 15) is 0 Å². The first-order chi connectivity index (χ1) is 14.8. The molecule has 0 aliphatic carbocycles. The molecule has 0 fully saturated rings. The van der Waals surface area contributed by atoms with Gasteiger partial charge in [0.2, 0.25) is 0 Å². The molecule has 2 aromatic heterocycles. The normalized spacial score (nSPS) is 11.9. The molecular weight excluding hydrogens is 368 g/mol. The van der Waals surface area contributed by atoms with Gasteiger partial charge in [0.05, 0.1) is 7.11 Å². The molecule has 0 saturated heterocycles. The van der Waals surface area contributed by atoms with Crippen molar-refractivity contribution < 1.29 is 4.74 Å². The Morgan fingerprint density at radius 2 is 1.63 bits per heavy atom. The highest BCUT2D eigenvalue weighted by molar-refractivity contribution is 6.07. The summed E-state index contributed by atoms with van der Waals surface area (Å²) in [5, 5.41) is 2.37. The van der Waals surface area contributed by atoms with Crippen molar-refractivity contribution in [3.8, 4) is 5.75 Å². The molecule has 2 aromatic carbocycles. The van der Waals surface area contributed by atoms with E-state index < -0.39 is 0 Å². The van der Waals surface area contributed by atoms with Crippen LogP contribution in [0.3, 0.4) is 0 Å². The van der Waals surface area contributed by atoms with Crippen molar-refractivity contribution in [2.75, 3.05) is 7.11 Å². The van der Waals surface area contributed by atoms with Crippen LogP contribution in [0.4, 0.5) is 0 Å². The van der Waals surface area contributed by atoms with Gasteiger partial charge in [0, 0.05) is 22.5 Å². The Morgan fingerprint density at radius 3 is 2.43 bits per heavy atom. The molecule has 0 aliphatic heterocycles. The number of pyridine rings is 1. The molecule has 152 valence electrons. The van der Waals surface area contributed by atoms with E-state index in [0.717, 1.165) is 34.5 Å². The second-order valence-electron chi connectivity index (χ2n) is 7.60. The van der Waals surface area contributed by atoms with E-state index in [0.29, 0.717) is 0 Å². The first-order valence-electron chi connectivity index (χ1n) is 10.7. The molecule has 30 heavy (non-hydrogen) atoms. The van der Waals surface area contributed by atoms with E-state index >= 15 is 0 Å². The minimum atomic E-state index is 0.870. The van der Waals surface area contributed by atoms with E-state index in [-0.39, 0.29) is 0 Å². The van der Waals surface area contributed by atoms with Crippen LogP contribution in [0.1, 0.15) is 49.3 Å². The third kappa shape index (κ3) is 4.62. The minimum Gasteiger partial charge on any atom is -0.497 e. The van der Waals surface area contributed by atoms with Gasteiger partial charge in [-0.3, -0.25) is 0 Å². The van der Waals surface area contributed by atoms with Gasteiger partial charge in [-0.1, -0.05) is 62.3 Å². The number of ether oxygens (including phenoxy) is 1. The van der Waals surface area contributed by atoms with Gasteiger partial charge in [-0.05, 0) is 59.9 Å². The van der Waals surface area contributed by atoms with Crippen LogP contribution in [0.5, 0.6) is 5.75 Å². The fourth-order valence-corrected chi connectivity index (χ4v) is 3.64. The van der Waals surface area contributed by atoms with Crippen molar-refractivity contribution in [1.29, 1.82) is 0 Å². The number of methoxy groups -OCH3 is 1. The van der Waals surface area contributed by atoms with Gasteiger partial charge in [0.25, 0.3) is 0 Å². The molecule has 3 nitrogen and oxygen atoms in total. The van der Waals surface area contributed by atoms with E-state index in [1.54, 1.807) is 7.11 Å². The number of unbranched alkanes of at least 4 members (excludes halogenated alkanes) is 3. The van der Waals surface area contributed by atoms with E-state index in [1.807, 2.05) is 18.3 Å². The average molecular weight is 397 g/mol. The smallest absolute Gasteiger partial charge is 0.138 e. The van der Waals surface area contributed by atoms with Crippen molar-refractivity contribution in [2.45, 2.75) is 32.6 Å². The van der Waals surface area contributed by atoms with Crippen molar-refractivity contribution >= 4 is 40.2 Å². The molecule has 0 radical (unpaired) electrons. The summed E-state index contributed by atoms with van der Waals surface area (Å²) in [6.07, 6.45) is 15.6. The quantitative estimate of drug-likeness (QED) is 0.247. The fourth-order valence-electron chi connectivity index (χ4n) is 3.64. The van der Waals surface area contributed by atoms with Crippen LogP contribution in [0, 0.1) is 0 Å². The van der Waals surface area contributed by atoms with Gasteiger partial charge in [-0.25, -0.2) is 4.98 Å². The average Bonchev–Trinajstić information content (AvgIpc) is 3.15. The molecular formula is C27H28N2O. The standard InChI is InChI=1S/C27H28N2O/c1-3-4-5-6-7-8-22-18-25-24-17-21(13-16-26(24)29-27(25)28-19-22)10-9-20-11-14-23(30-2)15-12-20/h7-19H,3-6H2,1-2H3,(H,28,29). The zero-order valence-electron chi connectivity index (χ0n) is 17.7. The molecule has 0 unspecified atom stereocenters. The SMILES string of the molecule is CCCCCC=Cc1cnc2[nH]c3ccc(C=Cc4ccc(OC)cc4)cc3c2c1. The van der Waals surface area contributed by atoms with Gasteiger partial charge in [-0.15, -0.1) is 0 Å². The molecule has 4 aromatic rings. The third-order valence-electron chi connectivity index (χ3n) is 5.36. The van der Waals surface area contributed by atoms with Crippen LogP contribution >= 0.6 is 0 Å². The van der Waals surface area contributed by atoms with Crippen molar-refractivity contribution in [3.63, 3.8) is 0 Å². The molecule has 0 amide bonds. The highest BCUT2D eigenvalue weighted by Gasteiger charge is 2.06. The second-order valence-corrected chi connectivity index (χ2v) is 7.60. The highest BCUT2D eigenvalue weighted by Crippen LogP contribution is 2.27. The summed E-state index contributed by atoms with van der Waals surface area (Å²) in [4.78, 5) is 8.07. The third-order valence-corrected chi connectivity index (χ3v) is 5.36. The largest absolute Gasteiger partial charge is 0.497 e. The number of hydrogen-bond acceptors (Lipinski definition) is 2. The Balaban J connectivity index is 1.59. The lowest BCUT2D eigenvalue weighted by Crippen LogP contribution is -1.81. The number of nitrogens with one attached hydrogen (secondary N) is 1. The van der Waals surface area contributed by atoms with Gasteiger partial charge in [0.1, 0.15) is 11.4 Å². The highest BCUT2D eigenvalue weighted by atomic mass is 16.5. The van der Waals surface area contributed by atoms with Crippen molar-refractivity contribution in [1.82, 2.24) is 9.97 Å². The topological polar surface area (TPSA) is 37.9 Å². The number of fused-ring (bicyclic) bond motifs is 3. The monoisotopic (exact) mass is 396 g/mol. The zero-order chi connectivity index (χ0) is 20.8. The maximum absolute atomic E-state index is 5.23. The lowest BCUT2D eigenvalue weighted by atomic mass is 10.1. The van der Waals surface area contributed by atoms with Gasteiger partial charge in [0.15, 0.2) is 0 Å². The fraction of sp³-hybridized carbons (Fsp3) is 0.222. The molecule has 0 atom stereocenters. The Hall–Kier alpha value is -3.33. The molecule has 2 heterocycles. The lowest BCUT2D eigenvalue weighted by molar-refractivity contribution is 0.415. The number of benzene rings is 2. The number of hydrogen-bond donors (Lipinski definition) is 1. The molecule has 4 rings (SSSR count). The number of allylic oxidation sites excluding steroid dienone is 1. The Morgan fingerprint density at radius 1 is 0.867 bits per heavy atom. The molecule has 3 heteroatoms. The number of rotatable bonds is 8. The van der Waals surface area contributed by atoms with E-state index in [1.165, 1.54) is 35.6 Å². The zero-order valence-corrected chi connectivity index (χ0v) is 17.7. The Labute approximate surface area is 178 Å². The summed E-state index contributed by atoms with van der Waals surface area (Å²) in [5.41, 5.74) is 5.51. The first kappa shape index (κ1) is 20.0. The lowest BCUT2D eigenvalue weighted by Gasteiger charge is -2.00. The summed E-state index contributed by atoms with van der Waals surface area (Å²) < 4.78 is 5.23. The van der Waals surface area contributed by atoms with Crippen LogP contribution in [0.2, 0.25) is 0 Å². The van der Waals surface area contributed by atoms with Crippen LogP contribution in [0.25, 0.3) is 40.2 Å². The predicted octanol–water partition coefficient (Wildman–Crippen LogP) is 7.49. The first-order valence-corrected chi connectivity index (χ1v) is 10.7. The van der Waals surface area contributed by atoms with Crippen LogP contribution in [0.15, 0.2) is 60.8 Å². The van der Waals surface area contributed by atoms with Crippen LogP contribution < -0.4 is 4.74 Å². The number of aromatic amines is 1. The van der Waals surface area contributed by atoms with Crippen LogP contribution in [-0.2, 0) is 0 Å². The maximum Gasteiger partial charge on any atom is 0.138 e. The summed E-state index contributed by atoms with van der Waals surface area (Å²) in [6, 6.07) is 16.8. The molecule has 1 N–H and O–H groups in total. The summed E-state index contributed by atoms with van der Waals surface area (Å²) in [7, 11) is 1.68. The van der Waals surface area contributed by atoms with Gasteiger partial charge < -0.3 is 9.72 Å². The number of nitrogens with zero attached hydrogens (tertiary/aromatic N) is 1. The van der Waals surface area contributed by atoms with Crippen LogP contribution in [-0.4, -0.2) is 17.1 Å². The van der Waals surface area contributed by atoms with Crippen molar-refractivity contribution in [3.05, 3.63) is 77.5 Å². The number of H-pyrrole nitrogens is 1. The van der Waals surface area contributed by atoms with Crippen molar-refractivity contribution in [2.24, 2.45) is 0 Å². The Bertz CT molecular complexity index is 1180. The summed E-state index contributed by atoms with van der Waals surface area (Å²) in [6.45, 7) is 2.24.